The fraction of sp³-hybridized carbons (Fsp3) is 0.417. The molecule has 3 rings (SSSR count). The van der Waals surface area contributed by atoms with Crippen molar-refractivity contribution >= 4 is 12.0 Å². The molecule has 32 heavy (non-hydrogen) atoms. The second-order valence-electron chi connectivity index (χ2n) is 8.01. The van der Waals surface area contributed by atoms with Gasteiger partial charge in [-0.2, -0.15) is 0 Å². The highest BCUT2D eigenvalue weighted by molar-refractivity contribution is 5.94. The average Bonchev–Trinajstić information content (AvgIpc) is 2.80. The SMILES string of the molecule is Cc1c(F)cccc1OC(=O)N1CCC(C(CCCO)NC(=O)c2ccc(F)cc2)CC1. The highest BCUT2D eigenvalue weighted by Gasteiger charge is 2.30. The molecule has 1 fully saturated rings. The summed E-state index contributed by atoms with van der Waals surface area (Å²) in [5, 5.41) is 12.2. The zero-order valence-corrected chi connectivity index (χ0v) is 18.0. The van der Waals surface area contributed by atoms with Crippen molar-refractivity contribution < 1.29 is 28.2 Å². The van der Waals surface area contributed by atoms with Crippen molar-refractivity contribution in [3.8, 4) is 5.75 Å². The number of likely N-dealkylation sites (tertiary alicyclic amines) is 1. The van der Waals surface area contributed by atoms with Gasteiger partial charge in [-0.1, -0.05) is 6.07 Å². The van der Waals surface area contributed by atoms with Gasteiger partial charge in [-0.25, -0.2) is 13.6 Å². The van der Waals surface area contributed by atoms with E-state index in [9.17, 15) is 23.5 Å². The second-order valence-corrected chi connectivity index (χ2v) is 8.01. The first-order valence-electron chi connectivity index (χ1n) is 10.8. The lowest BCUT2D eigenvalue weighted by molar-refractivity contribution is 0.0873. The molecule has 2 aromatic rings. The van der Waals surface area contributed by atoms with Crippen LogP contribution >= 0.6 is 0 Å². The Bertz CT molecular complexity index is 928. The molecule has 1 aliphatic heterocycles. The van der Waals surface area contributed by atoms with Gasteiger partial charge in [0.05, 0.1) is 0 Å². The van der Waals surface area contributed by atoms with E-state index in [0.717, 1.165) is 0 Å². The van der Waals surface area contributed by atoms with Gasteiger partial charge in [0.25, 0.3) is 5.91 Å². The van der Waals surface area contributed by atoms with Crippen LogP contribution in [0, 0.1) is 24.5 Å². The number of halogens is 2. The number of nitrogens with zero attached hydrogens (tertiary/aromatic N) is 1. The third-order valence-electron chi connectivity index (χ3n) is 5.88. The number of aliphatic hydroxyl groups excluding tert-OH is 1. The Balaban J connectivity index is 1.58. The molecule has 0 aromatic heterocycles. The number of amides is 2. The molecule has 0 spiro atoms. The summed E-state index contributed by atoms with van der Waals surface area (Å²) in [6.07, 6.45) is 1.91. The molecule has 2 aromatic carbocycles. The van der Waals surface area contributed by atoms with Crippen LogP contribution in [0.1, 0.15) is 41.6 Å². The molecule has 1 atom stereocenters. The van der Waals surface area contributed by atoms with Crippen LogP contribution in [-0.2, 0) is 0 Å². The van der Waals surface area contributed by atoms with Crippen LogP contribution in [0.2, 0.25) is 0 Å². The number of carbonyl (C=O) groups excluding carboxylic acids is 2. The first-order valence-corrected chi connectivity index (χ1v) is 10.8. The molecule has 1 aliphatic rings. The van der Waals surface area contributed by atoms with E-state index >= 15 is 0 Å². The molecule has 0 radical (unpaired) electrons. The summed E-state index contributed by atoms with van der Waals surface area (Å²) in [5.41, 5.74) is 0.648. The third kappa shape index (κ3) is 6.03. The fourth-order valence-corrected chi connectivity index (χ4v) is 3.93. The average molecular weight is 446 g/mol. The Labute approximate surface area is 186 Å². The highest BCUT2D eigenvalue weighted by atomic mass is 19.1. The van der Waals surface area contributed by atoms with Gasteiger partial charge in [-0.3, -0.25) is 4.79 Å². The number of rotatable bonds is 7. The van der Waals surface area contributed by atoms with Crippen molar-refractivity contribution in [2.75, 3.05) is 19.7 Å². The number of carbonyl (C=O) groups is 2. The van der Waals surface area contributed by atoms with Gasteiger partial charge >= 0.3 is 6.09 Å². The van der Waals surface area contributed by atoms with Crippen molar-refractivity contribution in [3.05, 3.63) is 65.2 Å². The number of hydrogen-bond acceptors (Lipinski definition) is 4. The Hall–Kier alpha value is -3.00. The van der Waals surface area contributed by atoms with E-state index < -0.39 is 17.7 Å². The quantitative estimate of drug-likeness (QED) is 0.673. The lowest BCUT2D eigenvalue weighted by atomic mass is 9.86. The van der Waals surface area contributed by atoms with Crippen molar-refractivity contribution in [1.82, 2.24) is 10.2 Å². The van der Waals surface area contributed by atoms with Gasteiger partial charge < -0.3 is 20.1 Å². The number of piperidine rings is 1. The molecule has 2 N–H and O–H groups in total. The minimum atomic E-state index is -0.528. The molecular formula is C24H28F2N2O4. The van der Waals surface area contributed by atoms with Crippen LogP contribution in [-0.4, -0.2) is 47.7 Å². The normalized spacial score (nSPS) is 15.3. The molecule has 6 nitrogen and oxygen atoms in total. The van der Waals surface area contributed by atoms with Gasteiger partial charge in [0.1, 0.15) is 17.4 Å². The van der Waals surface area contributed by atoms with Crippen molar-refractivity contribution in [2.24, 2.45) is 5.92 Å². The third-order valence-corrected chi connectivity index (χ3v) is 5.88. The van der Waals surface area contributed by atoms with Crippen LogP contribution in [0.3, 0.4) is 0 Å². The largest absolute Gasteiger partial charge is 0.415 e. The van der Waals surface area contributed by atoms with Gasteiger partial charge in [0.2, 0.25) is 0 Å². The molecule has 0 saturated carbocycles. The molecule has 2 amide bonds. The molecule has 172 valence electrons. The van der Waals surface area contributed by atoms with Crippen molar-refractivity contribution in [3.63, 3.8) is 0 Å². The summed E-state index contributed by atoms with van der Waals surface area (Å²) in [6, 6.07) is 9.52. The van der Waals surface area contributed by atoms with Crippen LogP contribution in [0.15, 0.2) is 42.5 Å². The summed E-state index contributed by atoms with van der Waals surface area (Å²) in [7, 11) is 0. The van der Waals surface area contributed by atoms with Crippen LogP contribution in [0.25, 0.3) is 0 Å². The molecule has 0 aliphatic carbocycles. The number of ether oxygens (including phenoxy) is 1. The maximum absolute atomic E-state index is 13.7. The van der Waals surface area contributed by atoms with Gasteiger partial charge in [0, 0.05) is 36.9 Å². The summed E-state index contributed by atoms with van der Waals surface area (Å²) in [4.78, 5) is 26.7. The number of hydrogen-bond donors (Lipinski definition) is 2. The topological polar surface area (TPSA) is 78.9 Å². The molecule has 0 bridgehead atoms. The van der Waals surface area contributed by atoms with Gasteiger partial charge in [-0.05, 0) is 74.9 Å². The summed E-state index contributed by atoms with van der Waals surface area (Å²) in [6.45, 7) is 2.46. The summed E-state index contributed by atoms with van der Waals surface area (Å²) >= 11 is 0. The maximum atomic E-state index is 13.7. The molecule has 8 heteroatoms. The molecule has 1 unspecified atom stereocenters. The van der Waals surface area contributed by atoms with Crippen LogP contribution in [0.5, 0.6) is 5.75 Å². The number of aliphatic hydroxyl groups is 1. The van der Waals surface area contributed by atoms with E-state index in [1.54, 1.807) is 17.9 Å². The fourth-order valence-electron chi connectivity index (χ4n) is 3.93. The predicted molar refractivity (Wildman–Crippen MR) is 115 cm³/mol. The van der Waals surface area contributed by atoms with E-state index in [-0.39, 0.29) is 35.8 Å². The lowest BCUT2D eigenvalue weighted by Crippen LogP contribution is -2.47. The van der Waals surface area contributed by atoms with Crippen molar-refractivity contribution in [1.29, 1.82) is 0 Å². The predicted octanol–water partition coefficient (Wildman–Crippen LogP) is 4.06. The Morgan fingerprint density at radius 1 is 1.16 bits per heavy atom. The number of nitrogens with one attached hydrogen (secondary N) is 1. The van der Waals surface area contributed by atoms with Crippen molar-refractivity contribution in [2.45, 2.75) is 38.6 Å². The van der Waals surface area contributed by atoms with Gasteiger partial charge in [0.15, 0.2) is 0 Å². The first-order chi connectivity index (χ1) is 15.4. The Kier molecular flexibility index (Phi) is 8.16. The summed E-state index contributed by atoms with van der Waals surface area (Å²) < 4.78 is 32.2. The lowest BCUT2D eigenvalue weighted by Gasteiger charge is -2.36. The van der Waals surface area contributed by atoms with E-state index in [2.05, 4.69) is 5.32 Å². The number of benzene rings is 2. The minimum absolute atomic E-state index is 0.0150. The highest BCUT2D eigenvalue weighted by Crippen LogP contribution is 2.26. The van der Waals surface area contributed by atoms with E-state index in [1.807, 2.05) is 0 Å². The van der Waals surface area contributed by atoms with E-state index in [1.165, 1.54) is 36.4 Å². The maximum Gasteiger partial charge on any atom is 0.415 e. The van der Waals surface area contributed by atoms with E-state index in [4.69, 9.17) is 4.74 Å². The molecular weight excluding hydrogens is 418 g/mol. The zero-order valence-electron chi connectivity index (χ0n) is 18.0. The molecule has 1 saturated heterocycles. The Morgan fingerprint density at radius 3 is 2.50 bits per heavy atom. The standard InChI is InChI=1S/C24H28F2N2O4/c1-16-20(26)4-2-6-22(16)32-24(31)28-13-11-17(12-14-28)21(5-3-15-29)27-23(30)18-7-9-19(25)10-8-18/h2,4,6-10,17,21,29H,3,5,11-15H2,1H3,(H,27,30). The smallest absolute Gasteiger partial charge is 0.410 e. The summed E-state index contributed by atoms with van der Waals surface area (Å²) in [5.74, 6) is -0.824. The monoisotopic (exact) mass is 446 g/mol. The Morgan fingerprint density at radius 2 is 1.84 bits per heavy atom. The van der Waals surface area contributed by atoms with Crippen LogP contribution in [0.4, 0.5) is 13.6 Å². The van der Waals surface area contributed by atoms with Gasteiger partial charge in [-0.15, -0.1) is 0 Å². The minimum Gasteiger partial charge on any atom is -0.410 e. The van der Waals surface area contributed by atoms with E-state index in [0.29, 0.717) is 44.3 Å². The second kappa shape index (κ2) is 11.0. The first kappa shape index (κ1) is 23.7. The molecule has 1 heterocycles. The zero-order chi connectivity index (χ0) is 23.1. The van der Waals surface area contributed by atoms with Crippen LogP contribution < -0.4 is 10.1 Å².